The molecule has 0 aliphatic heterocycles. The molecule has 94 valence electrons. The zero-order valence-corrected chi connectivity index (χ0v) is 10.6. The molecule has 0 amide bonds. The quantitative estimate of drug-likeness (QED) is 0.850. The minimum absolute atomic E-state index is 0.142. The highest BCUT2D eigenvalue weighted by atomic mass is 19.1. The van der Waals surface area contributed by atoms with Crippen LogP contribution in [0.5, 0.6) is 0 Å². The number of aryl methyl sites for hydroxylation is 1. The van der Waals surface area contributed by atoms with Gasteiger partial charge in [0.25, 0.3) is 0 Å². The molecular formula is C15H22FN. The molecule has 1 nitrogen and oxygen atoms in total. The molecular weight excluding hydrogens is 213 g/mol. The molecule has 2 rings (SSSR count). The minimum Gasteiger partial charge on any atom is -0.330 e. The molecule has 17 heavy (non-hydrogen) atoms. The van der Waals surface area contributed by atoms with E-state index in [1.165, 1.54) is 31.2 Å². The first-order valence-electron chi connectivity index (χ1n) is 6.66. The zero-order valence-electron chi connectivity index (χ0n) is 10.6. The molecule has 2 heteroatoms. The van der Waals surface area contributed by atoms with E-state index in [2.05, 4.69) is 0 Å². The molecule has 0 radical (unpaired) electrons. The molecule has 0 aromatic heterocycles. The number of hydrogen-bond acceptors (Lipinski definition) is 1. The second-order valence-electron chi connectivity index (χ2n) is 5.32. The van der Waals surface area contributed by atoms with Crippen LogP contribution in [0.15, 0.2) is 18.2 Å². The Morgan fingerprint density at radius 3 is 2.65 bits per heavy atom. The van der Waals surface area contributed by atoms with Crippen LogP contribution in [0, 0.1) is 24.6 Å². The van der Waals surface area contributed by atoms with Gasteiger partial charge in [-0.3, -0.25) is 0 Å². The Balaban J connectivity index is 2.06. The van der Waals surface area contributed by atoms with Crippen molar-refractivity contribution in [2.24, 2.45) is 17.6 Å². The van der Waals surface area contributed by atoms with Crippen molar-refractivity contribution in [3.8, 4) is 0 Å². The summed E-state index contributed by atoms with van der Waals surface area (Å²) in [4.78, 5) is 0. The average Bonchev–Trinajstić information content (AvgIpc) is 2.81. The van der Waals surface area contributed by atoms with Gasteiger partial charge in [-0.25, -0.2) is 4.39 Å². The summed E-state index contributed by atoms with van der Waals surface area (Å²) in [7, 11) is 0. The molecule has 1 atom stereocenters. The fourth-order valence-corrected chi connectivity index (χ4v) is 3.04. The first kappa shape index (κ1) is 12.6. The Hall–Kier alpha value is -0.890. The minimum atomic E-state index is -0.142. The van der Waals surface area contributed by atoms with Crippen molar-refractivity contribution in [3.05, 3.63) is 35.1 Å². The van der Waals surface area contributed by atoms with Gasteiger partial charge >= 0.3 is 0 Å². The Kier molecular flexibility index (Phi) is 4.16. The smallest absolute Gasteiger partial charge is 0.123 e. The number of benzene rings is 1. The van der Waals surface area contributed by atoms with Gasteiger partial charge in [-0.1, -0.05) is 31.7 Å². The number of hydrogen-bond donors (Lipinski definition) is 1. The van der Waals surface area contributed by atoms with Gasteiger partial charge in [0.05, 0.1) is 0 Å². The van der Waals surface area contributed by atoms with E-state index in [1.54, 1.807) is 12.1 Å². The summed E-state index contributed by atoms with van der Waals surface area (Å²) in [5.74, 6) is 1.21. The second-order valence-corrected chi connectivity index (χ2v) is 5.32. The number of halogens is 1. The predicted molar refractivity (Wildman–Crippen MR) is 69.3 cm³/mol. The van der Waals surface area contributed by atoms with Gasteiger partial charge in [0, 0.05) is 0 Å². The highest BCUT2D eigenvalue weighted by Crippen LogP contribution is 2.33. The van der Waals surface area contributed by atoms with E-state index in [0.717, 1.165) is 24.4 Å². The van der Waals surface area contributed by atoms with Crippen molar-refractivity contribution >= 4 is 0 Å². The van der Waals surface area contributed by atoms with Crippen LogP contribution in [0.2, 0.25) is 0 Å². The maximum Gasteiger partial charge on any atom is 0.123 e. The summed E-state index contributed by atoms with van der Waals surface area (Å²) < 4.78 is 13.0. The lowest BCUT2D eigenvalue weighted by Gasteiger charge is -2.22. The summed E-state index contributed by atoms with van der Waals surface area (Å²) >= 11 is 0. The van der Waals surface area contributed by atoms with Gasteiger partial charge in [-0.05, 0) is 55.0 Å². The Morgan fingerprint density at radius 2 is 2.06 bits per heavy atom. The van der Waals surface area contributed by atoms with Gasteiger partial charge < -0.3 is 5.73 Å². The first-order valence-corrected chi connectivity index (χ1v) is 6.66. The molecule has 1 aliphatic rings. The molecule has 1 aromatic rings. The lowest BCUT2D eigenvalue weighted by atomic mass is 9.84. The molecule has 1 saturated carbocycles. The van der Waals surface area contributed by atoms with E-state index >= 15 is 0 Å². The molecule has 1 fully saturated rings. The van der Waals surface area contributed by atoms with Gasteiger partial charge in [-0.15, -0.1) is 0 Å². The van der Waals surface area contributed by atoms with E-state index in [0.29, 0.717) is 5.92 Å². The van der Waals surface area contributed by atoms with Crippen LogP contribution >= 0.6 is 0 Å². The van der Waals surface area contributed by atoms with E-state index in [9.17, 15) is 4.39 Å². The molecule has 1 aromatic carbocycles. The van der Waals surface area contributed by atoms with Crippen LogP contribution < -0.4 is 5.73 Å². The van der Waals surface area contributed by atoms with Crippen LogP contribution in [0.3, 0.4) is 0 Å². The fraction of sp³-hybridized carbons (Fsp3) is 0.600. The molecule has 0 heterocycles. The van der Waals surface area contributed by atoms with Crippen LogP contribution in [0.25, 0.3) is 0 Å². The molecule has 0 spiro atoms. The lowest BCUT2D eigenvalue weighted by molar-refractivity contribution is 0.344. The van der Waals surface area contributed by atoms with Crippen LogP contribution in [-0.2, 0) is 6.42 Å². The van der Waals surface area contributed by atoms with Crippen LogP contribution in [-0.4, -0.2) is 6.54 Å². The first-order chi connectivity index (χ1) is 8.20. The molecule has 1 aliphatic carbocycles. The van der Waals surface area contributed by atoms with Gasteiger partial charge in [0.1, 0.15) is 5.82 Å². The topological polar surface area (TPSA) is 26.0 Å². The van der Waals surface area contributed by atoms with Gasteiger partial charge in [0.15, 0.2) is 0 Å². The van der Waals surface area contributed by atoms with E-state index in [1.807, 2.05) is 13.0 Å². The third kappa shape index (κ3) is 3.06. The van der Waals surface area contributed by atoms with Crippen molar-refractivity contribution in [2.75, 3.05) is 6.54 Å². The van der Waals surface area contributed by atoms with Crippen LogP contribution in [0.4, 0.5) is 4.39 Å². The van der Waals surface area contributed by atoms with Crippen LogP contribution in [0.1, 0.15) is 36.8 Å². The van der Waals surface area contributed by atoms with Gasteiger partial charge in [-0.2, -0.15) is 0 Å². The van der Waals surface area contributed by atoms with E-state index < -0.39 is 0 Å². The third-order valence-electron chi connectivity index (χ3n) is 4.16. The Bertz CT molecular complexity index is 369. The van der Waals surface area contributed by atoms with Crippen molar-refractivity contribution in [2.45, 2.75) is 39.0 Å². The lowest BCUT2D eigenvalue weighted by Crippen LogP contribution is -2.24. The maximum absolute atomic E-state index is 13.0. The highest BCUT2D eigenvalue weighted by molar-refractivity contribution is 5.27. The normalized spacial score (nSPS) is 18.5. The monoisotopic (exact) mass is 235 g/mol. The van der Waals surface area contributed by atoms with E-state index in [4.69, 9.17) is 5.73 Å². The molecule has 2 N–H and O–H groups in total. The summed E-state index contributed by atoms with van der Waals surface area (Å²) in [5.41, 5.74) is 8.22. The Labute approximate surface area is 103 Å². The molecule has 0 saturated heterocycles. The average molecular weight is 235 g/mol. The summed E-state index contributed by atoms with van der Waals surface area (Å²) in [5, 5.41) is 0. The van der Waals surface area contributed by atoms with Crippen molar-refractivity contribution in [1.82, 2.24) is 0 Å². The number of nitrogens with two attached hydrogens (primary N) is 1. The number of rotatable bonds is 4. The highest BCUT2D eigenvalue weighted by Gasteiger charge is 2.24. The molecule has 1 unspecified atom stereocenters. The van der Waals surface area contributed by atoms with Crippen molar-refractivity contribution in [1.29, 1.82) is 0 Å². The summed E-state index contributed by atoms with van der Waals surface area (Å²) in [6.45, 7) is 2.74. The van der Waals surface area contributed by atoms with Gasteiger partial charge in [0.2, 0.25) is 0 Å². The molecule has 0 bridgehead atoms. The second kappa shape index (κ2) is 5.63. The van der Waals surface area contributed by atoms with E-state index in [-0.39, 0.29) is 5.82 Å². The zero-order chi connectivity index (χ0) is 12.3. The predicted octanol–water partition coefficient (Wildman–Crippen LogP) is 3.44. The Morgan fingerprint density at radius 1 is 1.35 bits per heavy atom. The summed E-state index contributed by atoms with van der Waals surface area (Å²) in [6.07, 6.45) is 6.35. The largest absolute Gasteiger partial charge is 0.330 e. The standard InChI is InChI=1S/C15H22FN/c1-11-8-15(16)7-6-13(11)9-14(10-17)12-4-2-3-5-12/h6-8,12,14H,2-5,9-10,17H2,1H3. The summed E-state index contributed by atoms with van der Waals surface area (Å²) in [6, 6.07) is 5.10. The van der Waals surface area contributed by atoms with Crippen molar-refractivity contribution < 1.29 is 4.39 Å². The SMILES string of the molecule is Cc1cc(F)ccc1CC(CN)C1CCCC1. The van der Waals surface area contributed by atoms with Crippen molar-refractivity contribution in [3.63, 3.8) is 0 Å². The maximum atomic E-state index is 13.0. The fourth-order valence-electron chi connectivity index (χ4n) is 3.04. The third-order valence-corrected chi connectivity index (χ3v) is 4.16.